The lowest BCUT2D eigenvalue weighted by atomic mass is 9.87. The van der Waals surface area contributed by atoms with Gasteiger partial charge in [-0.05, 0) is 73.8 Å². The number of nitrogens with zero attached hydrogens (tertiary/aromatic N) is 3. The summed E-state index contributed by atoms with van der Waals surface area (Å²) < 4.78 is 28.6. The third-order valence-corrected chi connectivity index (χ3v) is 9.50. The maximum Gasteiger partial charge on any atom is 0.321 e. The number of carbonyl (C=O) groups excluding carboxylic acids is 2. The van der Waals surface area contributed by atoms with Gasteiger partial charge in [-0.2, -0.15) is 0 Å². The summed E-state index contributed by atoms with van der Waals surface area (Å²) in [5.41, 5.74) is 3.93. The number of fused-ring (bicyclic) bond motifs is 1. The number of aryl methyl sites for hydroxylation is 2. The second-order valence-corrected chi connectivity index (χ2v) is 12.3. The summed E-state index contributed by atoms with van der Waals surface area (Å²) in [5.74, 6) is -3.67. The Bertz CT molecular complexity index is 1370. The van der Waals surface area contributed by atoms with E-state index >= 15 is 0 Å². The SMILES string of the molecule is C[C@H]1CN([C@@H](Cc2ccc3c(c2)CCC3)C(=O)O)CCN1C(=O)[C@@H]1CN(C(=O)C2CC2)C[C@H]1c1ccc(F)cc1F.Cl. The van der Waals surface area contributed by atoms with Crippen LogP contribution in [0.3, 0.4) is 0 Å². The summed E-state index contributed by atoms with van der Waals surface area (Å²) in [6, 6.07) is 8.75. The first-order valence-electron chi connectivity index (χ1n) is 14.8. The van der Waals surface area contributed by atoms with E-state index in [9.17, 15) is 28.3 Å². The van der Waals surface area contributed by atoms with Crippen LogP contribution in [0.4, 0.5) is 8.78 Å². The van der Waals surface area contributed by atoms with Gasteiger partial charge in [-0.1, -0.05) is 24.3 Å². The lowest BCUT2D eigenvalue weighted by molar-refractivity contribution is -0.147. The molecule has 0 spiro atoms. The Labute approximate surface area is 251 Å². The van der Waals surface area contributed by atoms with Crippen molar-refractivity contribution in [2.45, 2.75) is 63.5 Å². The van der Waals surface area contributed by atoms with Crippen molar-refractivity contribution >= 4 is 30.2 Å². The van der Waals surface area contributed by atoms with Crippen LogP contribution in [0.25, 0.3) is 0 Å². The number of amides is 2. The van der Waals surface area contributed by atoms with Crippen LogP contribution in [-0.2, 0) is 33.6 Å². The van der Waals surface area contributed by atoms with Crippen LogP contribution in [0.1, 0.15) is 54.4 Å². The molecule has 6 rings (SSSR count). The van der Waals surface area contributed by atoms with Crippen molar-refractivity contribution in [3.05, 3.63) is 70.3 Å². The highest BCUT2D eigenvalue weighted by Crippen LogP contribution is 2.40. The Hall–Kier alpha value is -3.04. The summed E-state index contributed by atoms with van der Waals surface area (Å²) in [5, 5.41) is 10.1. The highest BCUT2D eigenvalue weighted by atomic mass is 35.5. The van der Waals surface area contributed by atoms with Crippen LogP contribution in [0.15, 0.2) is 36.4 Å². The van der Waals surface area contributed by atoms with Gasteiger partial charge in [0, 0.05) is 56.7 Å². The summed E-state index contributed by atoms with van der Waals surface area (Å²) >= 11 is 0. The van der Waals surface area contributed by atoms with E-state index in [1.54, 1.807) is 9.80 Å². The van der Waals surface area contributed by atoms with Crippen LogP contribution < -0.4 is 0 Å². The number of carboxylic acid groups (broad SMARTS) is 1. The summed E-state index contributed by atoms with van der Waals surface area (Å²) in [4.78, 5) is 44.6. The zero-order valence-corrected chi connectivity index (χ0v) is 24.6. The fraction of sp³-hybridized carbons (Fsp3) is 0.531. The molecule has 1 saturated carbocycles. The first kappa shape index (κ1) is 30.4. The molecule has 7 nitrogen and oxygen atoms in total. The molecule has 2 saturated heterocycles. The number of aliphatic carboxylic acids is 1. The number of hydrogen-bond donors (Lipinski definition) is 1. The monoisotopic (exact) mass is 601 g/mol. The number of piperazine rings is 1. The van der Waals surface area contributed by atoms with E-state index in [-0.39, 0.29) is 54.8 Å². The van der Waals surface area contributed by atoms with Crippen LogP contribution in [0, 0.1) is 23.5 Å². The Balaban J connectivity index is 0.00000353. The fourth-order valence-corrected chi connectivity index (χ4v) is 7.10. The van der Waals surface area contributed by atoms with E-state index in [1.165, 1.54) is 23.3 Å². The van der Waals surface area contributed by atoms with Crippen LogP contribution in [-0.4, -0.2) is 82.4 Å². The molecule has 42 heavy (non-hydrogen) atoms. The number of likely N-dealkylation sites (tertiary alicyclic amines) is 1. The summed E-state index contributed by atoms with van der Waals surface area (Å²) in [7, 11) is 0. The molecule has 0 radical (unpaired) electrons. The van der Waals surface area contributed by atoms with Gasteiger partial charge in [0.1, 0.15) is 17.7 Å². The summed E-state index contributed by atoms with van der Waals surface area (Å²) in [6.07, 6.45) is 5.31. The van der Waals surface area contributed by atoms with Gasteiger partial charge in [-0.3, -0.25) is 19.3 Å². The topological polar surface area (TPSA) is 81.2 Å². The zero-order valence-electron chi connectivity index (χ0n) is 23.8. The smallest absolute Gasteiger partial charge is 0.321 e. The lowest BCUT2D eigenvalue weighted by Crippen LogP contribution is -2.59. The average molecular weight is 602 g/mol. The van der Waals surface area contributed by atoms with Crippen LogP contribution in [0.5, 0.6) is 0 Å². The molecule has 0 unspecified atom stereocenters. The molecule has 2 aromatic rings. The Morgan fingerprint density at radius 1 is 0.952 bits per heavy atom. The van der Waals surface area contributed by atoms with Crippen molar-refractivity contribution in [2.24, 2.45) is 11.8 Å². The third-order valence-electron chi connectivity index (χ3n) is 9.50. The van der Waals surface area contributed by atoms with E-state index in [4.69, 9.17) is 0 Å². The Morgan fingerprint density at radius 3 is 2.40 bits per heavy atom. The second kappa shape index (κ2) is 12.3. The van der Waals surface area contributed by atoms with Crippen molar-refractivity contribution in [2.75, 3.05) is 32.7 Å². The van der Waals surface area contributed by atoms with E-state index < -0.39 is 35.5 Å². The molecule has 2 heterocycles. The molecule has 4 aliphatic rings. The quantitative estimate of drug-likeness (QED) is 0.518. The van der Waals surface area contributed by atoms with Crippen molar-refractivity contribution in [3.63, 3.8) is 0 Å². The maximum atomic E-state index is 14.9. The van der Waals surface area contributed by atoms with E-state index in [0.29, 0.717) is 26.1 Å². The standard InChI is InChI=1S/C32H37F2N3O4.ClH/c1-19-16-35(29(32(40)41)14-20-5-6-21-3-2-4-23(21)13-20)11-12-37(19)31(39)27-18-36(30(38)22-7-8-22)17-26(27)25-10-9-24(33)15-28(25)34;/h5-6,9-10,13,15,19,22,26-27,29H,2-4,7-8,11-12,14,16-18H2,1H3,(H,40,41);1H/t19-,26-,27+,29-;/m0./s1. The lowest BCUT2D eigenvalue weighted by Gasteiger charge is -2.43. The largest absolute Gasteiger partial charge is 0.480 e. The molecule has 10 heteroatoms. The van der Waals surface area contributed by atoms with Crippen molar-refractivity contribution in [3.8, 4) is 0 Å². The molecule has 2 aliphatic heterocycles. The van der Waals surface area contributed by atoms with E-state index in [2.05, 4.69) is 12.1 Å². The highest BCUT2D eigenvalue weighted by Gasteiger charge is 2.47. The van der Waals surface area contributed by atoms with Gasteiger partial charge >= 0.3 is 5.97 Å². The minimum atomic E-state index is -0.880. The molecule has 1 N–H and O–H groups in total. The number of benzene rings is 2. The molecule has 4 atom stereocenters. The van der Waals surface area contributed by atoms with Crippen molar-refractivity contribution in [1.82, 2.24) is 14.7 Å². The van der Waals surface area contributed by atoms with Crippen LogP contribution in [0.2, 0.25) is 0 Å². The predicted molar refractivity (Wildman–Crippen MR) is 155 cm³/mol. The number of carbonyl (C=O) groups is 3. The summed E-state index contributed by atoms with van der Waals surface area (Å²) in [6.45, 7) is 3.50. The second-order valence-electron chi connectivity index (χ2n) is 12.3. The van der Waals surface area contributed by atoms with E-state index in [0.717, 1.165) is 43.7 Å². The molecular weight excluding hydrogens is 564 g/mol. The van der Waals surface area contributed by atoms with Gasteiger partial charge in [-0.15, -0.1) is 12.4 Å². The molecular formula is C32H38ClF2N3O4. The molecule has 226 valence electrons. The predicted octanol–water partition coefficient (Wildman–Crippen LogP) is 4.06. The van der Waals surface area contributed by atoms with Gasteiger partial charge in [-0.25, -0.2) is 8.78 Å². The third kappa shape index (κ3) is 6.04. The molecule has 0 aromatic heterocycles. The Kier molecular flexibility index (Phi) is 8.90. The van der Waals surface area contributed by atoms with Gasteiger partial charge in [0.15, 0.2) is 0 Å². The molecule has 2 amide bonds. The maximum absolute atomic E-state index is 14.9. The number of halogens is 3. The van der Waals surface area contributed by atoms with E-state index in [1.807, 2.05) is 17.9 Å². The van der Waals surface area contributed by atoms with Gasteiger partial charge < -0.3 is 14.9 Å². The first-order valence-corrected chi connectivity index (χ1v) is 14.8. The Morgan fingerprint density at radius 2 is 1.71 bits per heavy atom. The molecule has 0 bridgehead atoms. The minimum absolute atomic E-state index is 0. The van der Waals surface area contributed by atoms with Crippen molar-refractivity contribution in [1.29, 1.82) is 0 Å². The number of carboxylic acids is 1. The molecule has 3 fully saturated rings. The normalized spacial score (nSPS) is 24.7. The van der Waals surface area contributed by atoms with Crippen LogP contribution >= 0.6 is 12.4 Å². The zero-order chi connectivity index (χ0) is 28.8. The molecule has 2 aliphatic carbocycles. The van der Waals surface area contributed by atoms with Gasteiger partial charge in [0.2, 0.25) is 11.8 Å². The van der Waals surface area contributed by atoms with Crippen molar-refractivity contribution < 1.29 is 28.3 Å². The van der Waals surface area contributed by atoms with Gasteiger partial charge in [0.25, 0.3) is 0 Å². The number of hydrogen-bond acceptors (Lipinski definition) is 4. The van der Waals surface area contributed by atoms with Gasteiger partial charge in [0.05, 0.1) is 5.92 Å². The number of rotatable bonds is 7. The first-order chi connectivity index (χ1) is 19.7. The highest BCUT2D eigenvalue weighted by molar-refractivity contribution is 5.86. The fourth-order valence-electron chi connectivity index (χ4n) is 7.10. The molecule has 2 aromatic carbocycles. The average Bonchev–Trinajstić information content (AvgIpc) is 3.53. The minimum Gasteiger partial charge on any atom is -0.480 e.